The number of rotatable bonds is 7. The molecule has 3 heterocycles. The quantitative estimate of drug-likeness (QED) is 0.326. The molecule has 2 aromatic rings. The fourth-order valence-electron chi connectivity index (χ4n) is 8.56. The number of hydrogen-bond acceptors (Lipinski definition) is 5. The van der Waals surface area contributed by atoms with Crippen molar-refractivity contribution in [1.29, 1.82) is 0 Å². The molecule has 4 aliphatic rings. The maximum atomic E-state index is 14.3. The van der Waals surface area contributed by atoms with E-state index in [-0.39, 0.29) is 29.6 Å². The summed E-state index contributed by atoms with van der Waals surface area (Å²) in [7, 11) is 0. The number of fused-ring (bicyclic) bond motifs is 3. The molecule has 244 valence electrons. The molecule has 3 fully saturated rings. The molecule has 2 aliphatic carbocycles. The molecule has 0 radical (unpaired) electrons. The highest BCUT2D eigenvalue weighted by atomic mass is 19.1. The number of cyclic esters (lactones) is 1. The summed E-state index contributed by atoms with van der Waals surface area (Å²) in [5, 5.41) is 15.4. The lowest BCUT2D eigenvalue weighted by Gasteiger charge is -2.46. The number of carbonyl (C=O) groups is 4. The normalized spacial score (nSPS) is 27.4. The van der Waals surface area contributed by atoms with Gasteiger partial charge < -0.3 is 25.4 Å². The van der Waals surface area contributed by atoms with Crippen LogP contribution in [0.3, 0.4) is 0 Å². The Balaban J connectivity index is 1.23. The van der Waals surface area contributed by atoms with Gasteiger partial charge in [0.2, 0.25) is 11.8 Å². The number of piperidine rings is 1. The average molecular weight is 625 g/mol. The predicted octanol–water partition coefficient (Wildman–Crippen LogP) is 6.41. The molecule has 3 amide bonds. The summed E-state index contributed by atoms with van der Waals surface area (Å²) in [5.74, 6) is -0.221. The first-order valence-electron chi connectivity index (χ1n) is 16.6. The van der Waals surface area contributed by atoms with Crippen molar-refractivity contribution >= 4 is 40.6 Å². The molecule has 0 bridgehead atoms. The van der Waals surface area contributed by atoms with Crippen molar-refractivity contribution in [1.82, 2.24) is 14.8 Å². The number of ether oxygens (including phenoxy) is 1. The molecule has 1 saturated heterocycles. The number of halogens is 1. The summed E-state index contributed by atoms with van der Waals surface area (Å²) in [5.41, 5.74) is 1.25. The molecule has 6 rings (SSSR count). The summed E-state index contributed by atoms with van der Waals surface area (Å²) in [4.78, 5) is 54.1. The zero-order valence-corrected chi connectivity index (χ0v) is 26.2. The van der Waals surface area contributed by atoms with E-state index in [1.54, 1.807) is 10.6 Å². The summed E-state index contributed by atoms with van der Waals surface area (Å²) < 4.78 is 20.7. The Labute approximate surface area is 263 Å². The van der Waals surface area contributed by atoms with Crippen LogP contribution in [0.5, 0.6) is 0 Å². The molecule has 1 aromatic heterocycles. The number of nitrogens with zero attached hydrogens (tertiary/aromatic N) is 2. The fourth-order valence-corrected chi connectivity index (χ4v) is 8.56. The van der Waals surface area contributed by atoms with Crippen LogP contribution in [0.1, 0.15) is 90.2 Å². The zero-order valence-electron chi connectivity index (χ0n) is 26.2. The third-order valence-electron chi connectivity index (χ3n) is 10.9. The maximum absolute atomic E-state index is 14.3. The lowest BCUT2D eigenvalue weighted by Crippen LogP contribution is -2.57. The monoisotopic (exact) mass is 624 g/mol. The number of anilines is 1. The highest BCUT2D eigenvalue weighted by Crippen LogP contribution is 2.41. The van der Waals surface area contributed by atoms with E-state index in [9.17, 15) is 23.6 Å². The van der Waals surface area contributed by atoms with Gasteiger partial charge in [0.05, 0.1) is 17.3 Å². The van der Waals surface area contributed by atoms with Crippen LogP contribution in [0, 0.1) is 23.7 Å². The van der Waals surface area contributed by atoms with Crippen LogP contribution in [0.25, 0.3) is 10.9 Å². The number of hydrogen-bond donors (Lipinski definition) is 3. The van der Waals surface area contributed by atoms with Gasteiger partial charge in [0.25, 0.3) is 0 Å². The van der Waals surface area contributed by atoms with Crippen molar-refractivity contribution in [3.05, 3.63) is 30.0 Å². The van der Waals surface area contributed by atoms with Crippen molar-refractivity contribution in [2.75, 3.05) is 18.5 Å². The molecule has 11 heteroatoms. The number of alkyl halides is 1. The molecular formula is C34H45FN4O6. The number of carboxylic acid groups (broad SMARTS) is 1. The van der Waals surface area contributed by atoms with Crippen LogP contribution in [0.2, 0.25) is 0 Å². The van der Waals surface area contributed by atoms with Crippen molar-refractivity contribution in [2.24, 2.45) is 23.7 Å². The minimum atomic E-state index is -1.24. The molecule has 0 spiro atoms. The molecule has 45 heavy (non-hydrogen) atoms. The van der Waals surface area contributed by atoms with Crippen LogP contribution in [0.15, 0.2) is 24.3 Å². The Morgan fingerprint density at radius 2 is 1.76 bits per heavy atom. The van der Waals surface area contributed by atoms with Crippen LogP contribution >= 0.6 is 0 Å². The third-order valence-corrected chi connectivity index (χ3v) is 10.9. The SMILES string of the molecule is CC1(C)OC(=O)n2c1cc1ccc(NC(=O)[C@@H]3[C@H](C4CCCCC4)CCCN3C(=O)C3CCC([C@@H](CF)NC(=O)O)CC3)cc12. The molecule has 10 nitrogen and oxygen atoms in total. The Bertz CT molecular complexity index is 1460. The van der Waals surface area contributed by atoms with E-state index in [2.05, 4.69) is 10.6 Å². The minimum Gasteiger partial charge on any atom is -0.465 e. The second-order valence-corrected chi connectivity index (χ2v) is 14.0. The maximum Gasteiger partial charge on any atom is 0.419 e. The van der Waals surface area contributed by atoms with Gasteiger partial charge in [0.1, 0.15) is 18.3 Å². The van der Waals surface area contributed by atoms with Crippen LogP contribution < -0.4 is 10.6 Å². The first-order valence-corrected chi connectivity index (χ1v) is 16.6. The number of aromatic nitrogens is 1. The predicted molar refractivity (Wildman–Crippen MR) is 167 cm³/mol. The summed E-state index contributed by atoms with van der Waals surface area (Å²) in [6.07, 6.45) is 7.85. The van der Waals surface area contributed by atoms with Gasteiger partial charge in [-0.3, -0.25) is 9.59 Å². The van der Waals surface area contributed by atoms with Gasteiger partial charge in [0, 0.05) is 23.5 Å². The summed E-state index contributed by atoms with van der Waals surface area (Å²) >= 11 is 0. The molecule has 1 aromatic carbocycles. The van der Waals surface area contributed by atoms with E-state index >= 15 is 0 Å². The Morgan fingerprint density at radius 1 is 1.02 bits per heavy atom. The van der Waals surface area contributed by atoms with Crippen LogP contribution in [-0.4, -0.2) is 63.9 Å². The van der Waals surface area contributed by atoms with Gasteiger partial charge in [-0.1, -0.05) is 38.2 Å². The summed E-state index contributed by atoms with van der Waals surface area (Å²) in [6.45, 7) is 3.44. The van der Waals surface area contributed by atoms with Crippen molar-refractivity contribution < 1.29 is 33.4 Å². The van der Waals surface area contributed by atoms with Gasteiger partial charge in [-0.2, -0.15) is 0 Å². The zero-order chi connectivity index (χ0) is 31.9. The Kier molecular flexibility index (Phi) is 8.81. The Hall–Kier alpha value is -3.63. The van der Waals surface area contributed by atoms with Gasteiger partial charge in [-0.05, 0) is 88.3 Å². The van der Waals surface area contributed by atoms with Gasteiger partial charge in [0.15, 0.2) is 0 Å². The largest absolute Gasteiger partial charge is 0.465 e. The van der Waals surface area contributed by atoms with Crippen LogP contribution in [-0.2, 0) is 19.9 Å². The van der Waals surface area contributed by atoms with E-state index < -0.39 is 36.5 Å². The number of carbonyl (C=O) groups excluding carboxylic acids is 3. The molecule has 3 atom stereocenters. The lowest BCUT2D eigenvalue weighted by molar-refractivity contribution is -0.148. The molecule has 3 N–H and O–H groups in total. The van der Waals surface area contributed by atoms with E-state index in [4.69, 9.17) is 9.84 Å². The number of nitrogens with one attached hydrogen (secondary N) is 2. The van der Waals surface area contributed by atoms with E-state index in [1.807, 2.05) is 36.9 Å². The highest BCUT2D eigenvalue weighted by Gasteiger charge is 2.45. The number of likely N-dealkylation sites (tertiary alicyclic amines) is 1. The fraction of sp³-hybridized carbons (Fsp3) is 0.647. The van der Waals surface area contributed by atoms with Gasteiger partial charge >= 0.3 is 12.2 Å². The molecular weight excluding hydrogens is 579 g/mol. The second-order valence-electron chi connectivity index (χ2n) is 14.0. The van der Waals surface area contributed by atoms with E-state index in [0.29, 0.717) is 49.4 Å². The Morgan fingerprint density at radius 3 is 2.44 bits per heavy atom. The van der Waals surface area contributed by atoms with Crippen molar-refractivity contribution in [2.45, 2.75) is 102 Å². The first kappa shape index (κ1) is 31.4. The standard InChI is InChI=1S/C34H45FN4O6/c1-34(2)28-17-23-14-15-24(18-27(23)39(28)33(44)45-34)36-30(40)29-25(20-7-4-3-5-8-20)9-6-16-38(29)31(41)22-12-10-21(11-13-22)26(19-35)37-32(42)43/h14-15,17-18,20-22,25-26,29,37H,3-13,16,19H2,1-2H3,(H,36,40)(H,42,43)/t21?,22?,25-,26+,29-/m0/s1. The summed E-state index contributed by atoms with van der Waals surface area (Å²) in [6, 6.07) is 6.11. The van der Waals surface area contributed by atoms with Crippen LogP contribution in [0.4, 0.5) is 19.7 Å². The third kappa shape index (κ3) is 6.14. The van der Waals surface area contributed by atoms with Gasteiger partial charge in [-0.15, -0.1) is 0 Å². The first-order chi connectivity index (χ1) is 21.6. The van der Waals surface area contributed by atoms with E-state index in [0.717, 1.165) is 49.6 Å². The topological polar surface area (TPSA) is 130 Å². The molecule has 2 saturated carbocycles. The van der Waals surface area contributed by atoms with Crippen molar-refractivity contribution in [3.8, 4) is 0 Å². The van der Waals surface area contributed by atoms with Gasteiger partial charge in [-0.25, -0.2) is 18.5 Å². The number of amides is 3. The molecule has 0 unspecified atom stereocenters. The minimum absolute atomic E-state index is 0.0260. The highest BCUT2D eigenvalue weighted by molar-refractivity contribution is 6.01. The smallest absolute Gasteiger partial charge is 0.419 e. The lowest BCUT2D eigenvalue weighted by atomic mass is 9.71. The number of benzene rings is 1. The molecule has 2 aliphatic heterocycles. The second kappa shape index (κ2) is 12.6. The van der Waals surface area contributed by atoms with Crippen molar-refractivity contribution in [3.63, 3.8) is 0 Å². The average Bonchev–Trinajstić information content (AvgIpc) is 3.53. The van der Waals surface area contributed by atoms with E-state index in [1.165, 1.54) is 6.42 Å².